The molecule has 0 bridgehead atoms. The summed E-state index contributed by atoms with van der Waals surface area (Å²) < 4.78 is 12.4. The van der Waals surface area contributed by atoms with Gasteiger partial charge in [0.1, 0.15) is 18.1 Å². The van der Waals surface area contributed by atoms with Gasteiger partial charge in [-0.3, -0.25) is 0 Å². The number of ether oxygens (including phenoxy) is 2. The Morgan fingerprint density at radius 3 is 1.97 bits per heavy atom. The van der Waals surface area contributed by atoms with E-state index in [-0.39, 0.29) is 5.92 Å². The maximum Gasteiger partial charge on any atom is 0.131 e. The summed E-state index contributed by atoms with van der Waals surface area (Å²) in [5, 5.41) is 0. The van der Waals surface area contributed by atoms with Crippen LogP contribution in [0.4, 0.5) is 0 Å². The zero-order chi connectivity index (χ0) is 24.6. The van der Waals surface area contributed by atoms with E-state index >= 15 is 0 Å². The predicted octanol–water partition coefficient (Wildman–Crippen LogP) is 8.32. The highest BCUT2D eigenvalue weighted by Crippen LogP contribution is 2.42. The number of benzene rings is 5. The van der Waals surface area contributed by atoms with Gasteiger partial charge in [-0.15, -0.1) is 0 Å². The van der Waals surface area contributed by atoms with Gasteiger partial charge in [0.2, 0.25) is 0 Å². The lowest BCUT2D eigenvalue weighted by Crippen LogP contribution is -2.10. The van der Waals surface area contributed by atoms with Gasteiger partial charge in [-0.1, -0.05) is 127 Å². The summed E-state index contributed by atoms with van der Waals surface area (Å²) >= 11 is 0. The van der Waals surface area contributed by atoms with Gasteiger partial charge in [0.25, 0.3) is 0 Å². The van der Waals surface area contributed by atoms with Crippen LogP contribution >= 0.6 is 0 Å². The van der Waals surface area contributed by atoms with Crippen LogP contribution in [0, 0.1) is 0 Å². The summed E-state index contributed by atoms with van der Waals surface area (Å²) in [6.07, 6.45) is 0.800. The summed E-state index contributed by atoms with van der Waals surface area (Å²) in [6, 6.07) is 46.3. The van der Waals surface area contributed by atoms with Crippen LogP contribution < -0.4 is 9.47 Å². The smallest absolute Gasteiger partial charge is 0.131 e. The van der Waals surface area contributed by atoms with Crippen LogP contribution in [-0.4, -0.2) is 7.11 Å². The summed E-state index contributed by atoms with van der Waals surface area (Å²) in [5.74, 6) is 1.93. The van der Waals surface area contributed by atoms with Crippen molar-refractivity contribution in [2.45, 2.75) is 18.9 Å². The summed E-state index contributed by atoms with van der Waals surface area (Å²) in [7, 11) is 1.74. The van der Waals surface area contributed by atoms with Crippen molar-refractivity contribution in [1.29, 1.82) is 0 Å². The third-order valence-corrected chi connectivity index (χ3v) is 6.55. The quantitative estimate of drug-likeness (QED) is 0.216. The van der Waals surface area contributed by atoms with E-state index < -0.39 is 0 Å². The van der Waals surface area contributed by atoms with Crippen LogP contribution in [0.3, 0.4) is 0 Å². The molecule has 0 aliphatic heterocycles. The second-order valence-corrected chi connectivity index (χ2v) is 8.84. The first kappa shape index (κ1) is 23.4. The van der Waals surface area contributed by atoms with E-state index in [1.54, 1.807) is 7.11 Å². The van der Waals surface area contributed by atoms with Crippen molar-refractivity contribution in [2.24, 2.45) is 0 Å². The van der Waals surface area contributed by atoms with Gasteiger partial charge in [0, 0.05) is 17.0 Å². The Labute approximate surface area is 213 Å². The second-order valence-electron chi connectivity index (χ2n) is 8.84. The molecule has 2 heteroatoms. The minimum absolute atomic E-state index is 0.0944. The standard InChI is InChI=1S/C34H30O2/c1-35-33-23-12-11-20-29(33)24-32(28-18-9-4-10-19-28)31-22-13-21-30(27-16-7-3-8-17-27)34(31)36-25-26-14-5-2-6-15-26/h2-23,32H,24-25H2,1H3. The van der Waals surface area contributed by atoms with Crippen LogP contribution in [0.25, 0.3) is 11.1 Å². The van der Waals surface area contributed by atoms with E-state index in [0.29, 0.717) is 6.61 Å². The second kappa shape index (κ2) is 11.4. The molecular formula is C34H30O2. The summed E-state index contributed by atoms with van der Waals surface area (Å²) in [4.78, 5) is 0. The molecule has 0 amide bonds. The van der Waals surface area contributed by atoms with Crippen LogP contribution in [0.5, 0.6) is 11.5 Å². The van der Waals surface area contributed by atoms with Gasteiger partial charge in [0.15, 0.2) is 0 Å². The topological polar surface area (TPSA) is 18.5 Å². The molecule has 0 radical (unpaired) electrons. The highest BCUT2D eigenvalue weighted by molar-refractivity contribution is 5.73. The highest BCUT2D eigenvalue weighted by atomic mass is 16.5. The van der Waals surface area contributed by atoms with Crippen LogP contribution in [0.15, 0.2) is 133 Å². The molecule has 36 heavy (non-hydrogen) atoms. The Kier molecular flexibility index (Phi) is 7.44. The molecule has 0 saturated heterocycles. The minimum Gasteiger partial charge on any atom is -0.496 e. The van der Waals surface area contributed by atoms with E-state index in [1.165, 1.54) is 16.7 Å². The highest BCUT2D eigenvalue weighted by Gasteiger charge is 2.23. The van der Waals surface area contributed by atoms with Crippen molar-refractivity contribution in [3.05, 3.63) is 156 Å². The number of hydrogen-bond acceptors (Lipinski definition) is 2. The minimum atomic E-state index is 0.0944. The van der Waals surface area contributed by atoms with Crippen LogP contribution in [0.2, 0.25) is 0 Å². The van der Waals surface area contributed by atoms with Crippen molar-refractivity contribution in [2.75, 3.05) is 7.11 Å². The molecule has 0 aromatic heterocycles. The molecule has 2 nitrogen and oxygen atoms in total. The molecule has 0 fully saturated rings. The Hall–Kier alpha value is -4.30. The van der Waals surface area contributed by atoms with Crippen LogP contribution in [-0.2, 0) is 13.0 Å². The molecular weight excluding hydrogens is 440 g/mol. The first-order chi connectivity index (χ1) is 17.8. The molecule has 0 aliphatic carbocycles. The van der Waals surface area contributed by atoms with Gasteiger partial charge >= 0.3 is 0 Å². The Morgan fingerprint density at radius 2 is 1.25 bits per heavy atom. The van der Waals surface area contributed by atoms with Gasteiger partial charge < -0.3 is 9.47 Å². The first-order valence-corrected chi connectivity index (χ1v) is 12.4. The molecule has 0 saturated carbocycles. The fourth-order valence-corrected chi connectivity index (χ4v) is 4.75. The van der Waals surface area contributed by atoms with Crippen molar-refractivity contribution < 1.29 is 9.47 Å². The lowest BCUT2D eigenvalue weighted by molar-refractivity contribution is 0.303. The average molecular weight is 471 g/mol. The van der Waals surface area contributed by atoms with E-state index in [4.69, 9.17) is 9.47 Å². The van der Waals surface area contributed by atoms with Gasteiger partial charge in [-0.25, -0.2) is 0 Å². The van der Waals surface area contributed by atoms with Crippen molar-refractivity contribution >= 4 is 0 Å². The van der Waals surface area contributed by atoms with Crippen molar-refractivity contribution in [3.8, 4) is 22.6 Å². The summed E-state index contributed by atoms with van der Waals surface area (Å²) in [5.41, 5.74) is 6.99. The van der Waals surface area contributed by atoms with Gasteiger partial charge in [0.05, 0.1) is 7.11 Å². The maximum atomic E-state index is 6.67. The molecule has 0 heterocycles. The molecule has 5 aromatic carbocycles. The van der Waals surface area contributed by atoms with Crippen LogP contribution in [0.1, 0.15) is 28.2 Å². The molecule has 178 valence electrons. The fourth-order valence-electron chi connectivity index (χ4n) is 4.75. The zero-order valence-electron chi connectivity index (χ0n) is 20.5. The number of hydrogen-bond donors (Lipinski definition) is 0. The first-order valence-electron chi connectivity index (χ1n) is 12.4. The van der Waals surface area contributed by atoms with Crippen molar-refractivity contribution in [3.63, 3.8) is 0 Å². The number of para-hydroxylation sites is 2. The molecule has 0 aliphatic rings. The normalized spacial score (nSPS) is 11.6. The molecule has 0 spiro atoms. The fraction of sp³-hybridized carbons (Fsp3) is 0.118. The predicted molar refractivity (Wildman–Crippen MR) is 148 cm³/mol. The Morgan fingerprint density at radius 1 is 0.611 bits per heavy atom. The maximum absolute atomic E-state index is 6.67. The van der Waals surface area contributed by atoms with E-state index in [0.717, 1.165) is 34.6 Å². The Balaban J connectivity index is 1.64. The monoisotopic (exact) mass is 470 g/mol. The molecule has 5 rings (SSSR count). The SMILES string of the molecule is COc1ccccc1CC(c1ccccc1)c1cccc(-c2ccccc2)c1OCc1ccccc1. The molecule has 0 N–H and O–H groups in total. The molecule has 1 unspecified atom stereocenters. The third-order valence-electron chi connectivity index (χ3n) is 6.55. The lowest BCUT2D eigenvalue weighted by Gasteiger charge is -2.24. The summed E-state index contributed by atoms with van der Waals surface area (Å²) in [6.45, 7) is 0.508. The van der Waals surface area contributed by atoms with E-state index in [9.17, 15) is 0 Å². The van der Waals surface area contributed by atoms with Gasteiger partial charge in [-0.2, -0.15) is 0 Å². The van der Waals surface area contributed by atoms with E-state index in [2.05, 4.69) is 109 Å². The molecule has 1 atom stereocenters. The third kappa shape index (κ3) is 5.34. The largest absolute Gasteiger partial charge is 0.496 e. The van der Waals surface area contributed by atoms with E-state index in [1.807, 2.05) is 24.3 Å². The zero-order valence-corrected chi connectivity index (χ0v) is 20.5. The Bertz CT molecular complexity index is 1380. The molecule has 5 aromatic rings. The van der Waals surface area contributed by atoms with Crippen molar-refractivity contribution in [1.82, 2.24) is 0 Å². The number of methoxy groups -OCH3 is 1. The average Bonchev–Trinajstić information content (AvgIpc) is 2.96. The van der Waals surface area contributed by atoms with Gasteiger partial charge in [-0.05, 0) is 34.7 Å². The lowest BCUT2D eigenvalue weighted by atomic mass is 9.83. The number of rotatable bonds is 9.